The first kappa shape index (κ1) is 15.2. The summed E-state index contributed by atoms with van der Waals surface area (Å²) in [6.45, 7) is 1.68. The summed E-state index contributed by atoms with van der Waals surface area (Å²) in [5, 5.41) is 3.35. The standard InChI is InChI=1S/C15H12O3S.Mg/c1-10-6-7-13-8-11-4-2-3-5-12(11)9-14(13)15(10)19(16,17)18;/h2-9H,1H3,(H,16,17,18);. The van der Waals surface area contributed by atoms with Crippen LogP contribution < -0.4 is 0 Å². The second kappa shape index (κ2) is 5.33. The molecule has 0 bridgehead atoms. The Labute approximate surface area is 133 Å². The third-order valence-corrected chi connectivity index (χ3v) is 4.35. The lowest BCUT2D eigenvalue weighted by atomic mass is 10.0. The minimum Gasteiger partial charge on any atom is -0.282 e. The fourth-order valence-electron chi connectivity index (χ4n) is 2.44. The molecule has 0 fully saturated rings. The van der Waals surface area contributed by atoms with Gasteiger partial charge in [-0.2, -0.15) is 8.42 Å². The maximum atomic E-state index is 11.6. The molecule has 2 radical (unpaired) electrons. The molecule has 0 aliphatic heterocycles. The van der Waals surface area contributed by atoms with Gasteiger partial charge in [-0.15, -0.1) is 0 Å². The molecule has 0 aromatic heterocycles. The van der Waals surface area contributed by atoms with E-state index in [1.165, 1.54) is 0 Å². The van der Waals surface area contributed by atoms with Crippen molar-refractivity contribution in [3.8, 4) is 0 Å². The number of hydrogen-bond donors (Lipinski definition) is 1. The van der Waals surface area contributed by atoms with Crippen LogP contribution in [0.4, 0.5) is 0 Å². The predicted octanol–water partition coefficient (Wildman–Crippen LogP) is 3.17. The van der Waals surface area contributed by atoms with Crippen molar-refractivity contribution in [1.82, 2.24) is 0 Å². The van der Waals surface area contributed by atoms with Crippen LogP contribution in [0.15, 0.2) is 53.4 Å². The summed E-state index contributed by atoms with van der Waals surface area (Å²) < 4.78 is 32.5. The summed E-state index contributed by atoms with van der Waals surface area (Å²) >= 11 is 0. The van der Waals surface area contributed by atoms with E-state index in [-0.39, 0.29) is 27.9 Å². The minimum atomic E-state index is -4.23. The van der Waals surface area contributed by atoms with E-state index in [9.17, 15) is 13.0 Å². The first-order valence-electron chi connectivity index (χ1n) is 5.86. The number of fused-ring (bicyclic) bond motifs is 2. The van der Waals surface area contributed by atoms with E-state index in [2.05, 4.69) is 0 Å². The quantitative estimate of drug-likeness (QED) is 0.426. The Balaban J connectivity index is 0.00000147. The Hall–Kier alpha value is -1.14. The van der Waals surface area contributed by atoms with Gasteiger partial charge in [0.25, 0.3) is 10.1 Å². The van der Waals surface area contributed by atoms with Gasteiger partial charge in [-0.05, 0) is 40.8 Å². The van der Waals surface area contributed by atoms with E-state index in [1.54, 1.807) is 19.1 Å². The molecule has 3 nitrogen and oxygen atoms in total. The van der Waals surface area contributed by atoms with Gasteiger partial charge in [-0.25, -0.2) is 0 Å². The second-order valence-corrected chi connectivity index (χ2v) is 5.97. The van der Waals surface area contributed by atoms with Crippen LogP contribution >= 0.6 is 0 Å². The molecule has 98 valence electrons. The third-order valence-electron chi connectivity index (χ3n) is 3.29. The van der Waals surface area contributed by atoms with Crippen molar-refractivity contribution in [2.45, 2.75) is 11.8 Å². The van der Waals surface area contributed by atoms with Gasteiger partial charge in [0.2, 0.25) is 0 Å². The van der Waals surface area contributed by atoms with Crippen LogP contribution in [0.5, 0.6) is 0 Å². The molecule has 0 saturated heterocycles. The first-order chi connectivity index (χ1) is 8.97. The molecule has 20 heavy (non-hydrogen) atoms. The van der Waals surface area contributed by atoms with Gasteiger partial charge in [-0.1, -0.05) is 36.4 Å². The summed E-state index contributed by atoms with van der Waals surface area (Å²) in [5.41, 5.74) is 0.547. The van der Waals surface area contributed by atoms with Gasteiger partial charge in [0.1, 0.15) is 4.90 Å². The molecule has 0 atom stereocenters. The van der Waals surface area contributed by atoms with Gasteiger partial charge in [0.05, 0.1) is 0 Å². The Morgan fingerprint density at radius 1 is 0.900 bits per heavy atom. The van der Waals surface area contributed by atoms with E-state index in [0.717, 1.165) is 16.2 Å². The average molecular weight is 297 g/mol. The zero-order chi connectivity index (χ0) is 13.6. The SMILES string of the molecule is Cc1ccc2cc3ccccc3cc2c1S(=O)(=O)O.[Mg]. The van der Waals surface area contributed by atoms with Crippen molar-refractivity contribution in [2.75, 3.05) is 0 Å². The van der Waals surface area contributed by atoms with Crippen LogP contribution in [0.25, 0.3) is 21.5 Å². The second-order valence-electron chi connectivity index (χ2n) is 4.61. The maximum Gasteiger partial charge on any atom is 0.295 e. The van der Waals surface area contributed by atoms with Crippen LogP contribution in [-0.4, -0.2) is 36.0 Å². The van der Waals surface area contributed by atoms with Crippen molar-refractivity contribution in [3.63, 3.8) is 0 Å². The number of hydrogen-bond acceptors (Lipinski definition) is 2. The van der Waals surface area contributed by atoms with Crippen molar-refractivity contribution < 1.29 is 13.0 Å². The summed E-state index contributed by atoms with van der Waals surface area (Å²) in [7, 11) is -4.23. The first-order valence-corrected chi connectivity index (χ1v) is 7.30. The largest absolute Gasteiger partial charge is 0.295 e. The van der Waals surface area contributed by atoms with Crippen LogP contribution in [0.3, 0.4) is 0 Å². The van der Waals surface area contributed by atoms with Gasteiger partial charge in [0.15, 0.2) is 0 Å². The molecule has 0 aliphatic carbocycles. The molecule has 0 aliphatic rings. The number of rotatable bonds is 1. The van der Waals surface area contributed by atoms with Crippen molar-refractivity contribution >= 4 is 54.7 Å². The zero-order valence-electron chi connectivity index (χ0n) is 11.0. The predicted molar refractivity (Wildman–Crippen MR) is 81.8 cm³/mol. The van der Waals surface area contributed by atoms with Crippen molar-refractivity contribution in [2.24, 2.45) is 0 Å². The monoisotopic (exact) mass is 296 g/mol. The minimum absolute atomic E-state index is 0. The van der Waals surface area contributed by atoms with E-state index in [1.807, 2.05) is 36.4 Å². The molecule has 0 amide bonds. The number of benzene rings is 3. The van der Waals surface area contributed by atoms with Crippen LogP contribution in [0, 0.1) is 6.92 Å². The molecule has 0 spiro atoms. The van der Waals surface area contributed by atoms with Gasteiger partial charge in [-0.3, -0.25) is 4.55 Å². The molecule has 0 heterocycles. The van der Waals surface area contributed by atoms with E-state index in [0.29, 0.717) is 10.9 Å². The lowest BCUT2D eigenvalue weighted by Gasteiger charge is -2.09. The van der Waals surface area contributed by atoms with Crippen LogP contribution in [-0.2, 0) is 10.1 Å². The molecule has 5 heteroatoms. The Morgan fingerprint density at radius 2 is 1.50 bits per heavy atom. The number of aryl methyl sites for hydroxylation is 1. The van der Waals surface area contributed by atoms with Gasteiger partial charge >= 0.3 is 0 Å². The van der Waals surface area contributed by atoms with Gasteiger partial charge in [0, 0.05) is 28.4 Å². The molecular weight excluding hydrogens is 285 g/mol. The summed E-state index contributed by atoms with van der Waals surface area (Å²) in [6.07, 6.45) is 0. The molecule has 0 unspecified atom stereocenters. The Bertz CT molecular complexity index is 902. The van der Waals surface area contributed by atoms with Crippen molar-refractivity contribution in [3.05, 3.63) is 54.1 Å². The highest BCUT2D eigenvalue weighted by molar-refractivity contribution is 7.86. The Morgan fingerprint density at radius 3 is 2.10 bits per heavy atom. The molecule has 1 N–H and O–H groups in total. The molecule has 3 rings (SSSR count). The van der Waals surface area contributed by atoms with E-state index >= 15 is 0 Å². The van der Waals surface area contributed by atoms with Crippen LogP contribution in [0.1, 0.15) is 5.56 Å². The summed E-state index contributed by atoms with van der Waals surface area (Å²) in [5.74, 6) is 0. The highest BCUT2D eigenvalue weighted by atomic mass is 32.2. The van der Waals surface area contributed by atoms with E-state index in [4.69, 9.17) is 0 Å². The third kappa shape index (κ3) is 2.54. The molecule has 0 saturated carbocycles. The van der Waals surface area contributed by atoms with Crippen LogP contribution in [0.2, 0.25) is 0 Å². The molecule has 3 aromatic rings. The topological polar surface area (TPSA) is 54.4 Å². The maximum absolute atomic E-state index is 11.6. The normalized spacial score (nSPS) is 11.5. The fraction of sp³-hybridized carbons (Fsp3) is 0.0667. The highest BCUT2D eigenvalue weighted by Crippen LogP contribution is 2.30. The smallest absolute Gasteiger partial charge is 0.282 e. The fourth-order valence-corrected chi connectivity index (χ4v) is 3.37. The summed E-state index contributed by atoms with van der Waals surface area (Å²) in [6, 6.07) is 15.0. The Kier molecular flexibility index (Phi) is 4.06. The zero-order valence-corrected chi connectivity index (χ0v) is 13.2. The lowest BCUT2D eigenvalue weighted by Crippen LogP contribution is -2.02. The molecule has 3 aromatic carbocycles. The van der Waals surface area contributed by atoms with E-state index < -0.39 is 10.1 Å². The lowest BCUT2D eigenvalue weighted by molar-refractivity contribution is 0.483. The molecular formula is C15H12MgO3S. The van der Waals surface area contributed by atoms with Crippen molar-refractivity contribution in [1.29, 1.82) is 0 Å². The summed E-state index contributed by atoms with van der Waals surface area (Å²) in [4.78, 5) is -0.00393. The van der Waals surface area contributed by atoms with Gasteiger partial charge < -0.3 is 0 Å². The average Bonchev–Trinajstić information content (AvgIpc) is 2.34. The highest BCUT2D eigenvalue weighted by Gasteiger charge is 2.17.